The smallest absolute Gasteiger partial charge is 0.326 e. The lowest BCUT2D eigenvalue weighted by atomic mass is 10.1. The van der Waals surface area contributed by atoms with Crippen LogP contribution in [0.3, 0.4) is 0 Å². The molecule has 2 N–H and O–H groups in total. The van der Waals surface area contributed by atoms with E-state index in [0.717, 1.165) is 38.0 Å². The number of carbonyl (C=O) groups is 2. The standard InChI is InChI=1S/C21H26N6O3/c1-23-21(29)27-10-6-16(13-18(27)22)26-9-5-11-30-17-12-15(14-24-19(17)26)20(28)25-7-3-2-4-8-25/h6,10,12-14,22H,2-5,7-9,11H2,1H3,(H,23,29). The number of likely N-dealkylation sites (tertiary alicyclic amines) is 1. The summed E-state index contributed by atoms with van der Waals surface area (Å²) < 4.78 is 7.13. The van der Waals surface area contributed by atoms with Crippen LogP contribution in [-0.2, 0) is 0 Å². The summed E-state index contributed by atoms with van der Waals surface area (Å²) in [5, 5.41) is 10.7. The van der Waals surface area contributed by atoms with Crippen molar-refractivity contribution >= 4 is 23.4 Å². The summed E-state index contributed by atoms with van der Waals surface area (Å²) in [6.45, 7) is 2.74. The van der Waals surface area contributed by atoms with E-state index in [1.54, 1.807) is 30.6 Å². The first-order valence-corrected chi connectivity index (χ1v) is 10.3. The van der Waals surface area contributed by atoms with Gasteiger partial charge in [0, 0.05) is 50.8 Å². The Morgan fingerprint density at radius 1 is 1.13 bits per heavy atom. The average Bonchev–Trinajstić information content (AvgIpc) is 3.00. The van der Waals surface area contributed by atoms with Crippen molar-refractivity contribution in [1.29, 1.82) is 5.41 Å². The van der Waals surface area contributed by atoms with Gasteiger partial charge >= 0.3 is 6.03 Å². The molecular weight excluding hydrogens is 384 g/mol. The van der Waals surface area contributed by atoms with E-state index in [9.17, 15) is 9.59 Å². The van der Waals surface area contributed by atoms with Gasteiger partial charge in [-0.3, -0.25) is 14.8 Å². The van der Waals surface area contributed by atoms with E-state index in [1.165, 1.54) is 18.0 Å². The van der Waals surface area contributed by atoms with Crippen LogP contribution in [0.25, 0.3) is 0 Å². The highest BCUT2D eigenvalue weighted by Gasteiger charge is 2.24. The summed E-state index contributed by atoms with van der Waals surface area (Å²) in [7, 11) is 1.53. The highest BCUT2D eigenvalue weighted by molar-refractivity contribution is 5.95. The molecule has 158 valence electrons. The van der Waals surface area contributed by atoms with Gasteiger partial charge in [0.15, 0.2) is 11.6 Å². The molecule has 0 aromatic carbocycles. The first-order valence-electron chi connectivity index (χ1n) is 10.3. The van der Waals surface area contributed by atoms with Crippen LogP contribution in [0.4, 0.5) is 16.3 Å². The van der Waals surface area contributed by atoms with Crippen molar-refractivity contribution in [1.82, 2.24) is 19.8 Å². The third-order valence-corrected chi connectivity index (χ3v) is 5.45. The largest absolute Gasteiger partial charge is 0.490 e. The van der Waals surface area contributed by atoms with Crippen molar-refractivity contribution in [2.45, 2.75) is 25.7 Å². The maximum atomic E-state index is 12.8. The number of hydrogen-bond donors (Lipinski definition) is 2. The Bertz CT molecular complexity index is 1010. The minimum absolute atomic E-state index is 0.0100. The number of fused-ring (bicyclic) bond motifs is 1. The Kier molecular flexibility index (Phi) is 5.69. The monoisotopic (exact) mass is 410 g/mol. The van der Waals surface area contributed by atoms with Gasteiger partial charge in [0.05, 0.1) is 12.2 Å². The number of piperidine rings is 1. The van der Waals surface area contributed by atoms with Gasteiger partial charge in [-0.05, 0) is 37.8 Å². The molecule has 9 heteroatoms. The van der Waals surface area contributed by atoms with Crippen molar-refractivity contribution in [3.63, 3.8) is 0 Å². The summed E-state index contributed by atoms with van der Waals surface area (Å²) >= 11 is 0. The minimum Gasteiger partial charge on any atom is -0.490 e. The molecular formula is C21H26N6O3. The zero-order valence-electron chi connectivity index (χ0n) is 17.1. The Labute approximate surface area is 174 Å². The second-order valence-electron chi connectivity index (χ2n) is 7.45. The van der Waals surface area contributed by atoms with Crippen LogP contribution in [0.2, 0.25) is 0 Å². The maximum absolute atomic E-state index is 12.8. The fourth-order valence-corrected chi connectivity index (χ4v) is 3.86. The molecule has 30 heavy (non-hydrogen) atoms. The van der Waals surface area contributed by atoms with Gasteiger partial charge in [0.1, 0.15) is 5.49 Å². The molecule has 2 aliphatic heterocycles. The van der Waals surface area contributed by atoms with Gasteiger partial charge in [-0.25, -0.2) is 9.78 Å². The number of nitrogens with zero attached hydrogens (tertiary/aromatic N) is 4. The topological polar surface area (TPSA) is 104 Å². The SMILES string of the molecule is CNC(=O)n1ccc(N2CCCOc3cc(C(=O)N4CCCCC4)cnc32)cc1=N. The van der Waals surface area contributed by atoms with E-state index in [0.29, 0.717) is 30.3 Å². The van der Waals surface area contributed by atoms with Gasteiger partial charge in [-0.1, -0.05) is 0 Å². The second kappa shape index (κ2) is 8.56. The van der Waals surface area contributed by atoms with E-state index in [2.05, 4.69) is 10.3 Å². The van der Waals surface area contributed by atoms with Gasteiger partial charge in [-0.2, -0.15) is 0 Å². The fourth-order valence-electron chi connectivity index (χ4n) is 3.86. The molecule has 0 saturated carbocycles. The molecule has 0 radical (unpaired) electrons. The normalized spacial score (nSPS) is 16.3. The van der Waals surface area contributed by atoms with Crippen LogP contribution in [0.15, 0.2) is 30.6 Å². The zero-order valence-corrected chi connectivity index (χ0v) is 17.1. The molecule has 4 rings (SSSR count). The van der Waals surface area contributed by atoms with Crippen molar-refractivity contribution in [3.8, 4) is 5.75 Å². The van der Waals surface area contributed by atoms with E-state index in [-0.39, 0.29) is 17.4 Å². The van der Waals surface area contributed by atoms with Crippen LogP contribution in [0.1, 0.15) is 36.0 Å². The average molecular weight is 410 g/mol. The fraction of sp³-hybridized carbons (Fsp3) is 0.429. The van der Waals surface area contributed by atoms with Crippen LogP contribution in [0.5, 0.6) is 5.75 Å². The van der Waals surface area contributed by atoms with E-state index < -0.39 is 0 Å². The number of ether oxygens (including phenoxy) is 1. The molecule has 2 aromatic heterocycles. The van der Waals surface area contributed by atoms with E-state index in [4.69, 9.17) is 10.1 Å². The van der Waals surface area contributed by atoms with Gasteiger partial charge < -0.3 is 19.9 Å². The number of pyridine rings is 2. The molecule has 0 bridgehead atoms. The molecule has 0 spiro atoms. The lowest BCUT2D eigenvalue weighted by molar-refractivity contribution is 0.0723. The Balaban J connectivity index is 1.65. The number of aromatic nitrogens is 2. The first-order chi connectivity index (χ1) is 14.6. The lowest BCUT2D eigenvalue weighted by Crippen LogP contribution is -2.35. The van der Waals surface area contributed by atoms with Gasteiger partial charge in [0.25, 0.3) is 5.91 Å². The lowest BCUT2D eigenvalue weighted by Gasteiger charge is -2.27. The summed E-state index contributed by atoms with van der Waals surface area (Å²) in [6.07, 6.45) is 7.17. The van der Waals surface area contributed by atoms with Gasteiger partial charge in [-0.15, -0.1) is 0 Å². The number of rotatable bonds is 2. The minimum atomic E-state index is -0.370. The molecule has 2 aromatic rings. The molecule has 0 atom stereocenters. The quantitative estimate of drug-likeness (QED) is 0.789. The molecule has 0 unspecified atom stereocenters. The highest BCUT2D eigenvalue weighted by atomic mass is 16.5. The molecule has 0 aliphatic carbocycles. The first kappa shape index (κ1) is 19.9. The second-order valence-corrected chi connectivity index (χ2v) is 7.45. The number of carbonyl (C=O) groups excluding carboxylic acids is 2. The highest BCUT2D eigenvalue weighted by Crippen LogP contribution is 2.34. The van der Waals surface area contributed by atoms with Crippen molar-refractivity contribution < 1.29 is 14.3 Å². The maximum Gasteiger partial charge on any atom is 0.326 e. The molecule has 2 aliphatic rings. The van der Waals surface area contributed by atoms with E-state index >= 15 is 0 Å². The zero-order chi connectivity index (χ0) is 21.1. The van der Waals surface area contributed by atoms with E-state index in [1.807, 2.05) is 9.80 Å². The number of hydrogen-bond acceptors (Lipinski definition) is 6. The summed E-state index contributed by atoms with van der Waals surface area (Å²) in [5.74, 6) is 1.16. The molecule has 1 saturated heterocycles. The molecule has 2 amide bonds. The van der Waals surface area contributed by atoms with Crippen LogP contribution < -0.4 is 20.4 Å². The van der Waals surface area contributed by atoms with Crippen molar-refractivity contribution in [2.24, 2.45) is 0 Å². The number of anilines is 2. The third-order valence-electron chi connectivity index (χ3n) is 5.45. The Hall–Kier alpha value is -3.36. The van der Waals surface area contributed by atoms with Gasteiger partial charge in [0.2, 0.25) is 0 Å². The summed E-state index contributed by atoms with van der Waals surface area (Å²) in [4.78, 5) is 33.1. The Morgan fingerprint density at radius 3 is 2.67 bits per heavy atom. The number of amides is 2. The van der Waals surface area contributed by atoms with Crippen LogP contribution in [0, 0.1) is 5.41 Å². The number of nitrogens with one attached hydrogen (secondary N) is 2. The van der Waals surface area contributed by atoms with Crippen LogP contribution in [-0.4, -0.2) is 59.7 Å². The van der Waals surface area contributed by atoms with Crippen molar-refractivity contribution in [2.75, 3.05) is 38.2 Å². The molecule has 4 heterocycles. The Morgan fingerprint density at radius 2 is 1.93 bits per heavy atom. The summed E-state index contributed by atoms with van der Waals surface area (Å²) in [6, 6.07) is 4.80. The van der Waals surface area contributed by atoms with Crippen molar-refractivity contribution in [3.05, 3.63) is 41.6 Å². The predicted octanol–water partition coefficient (Wildman–Crippen LogP) is 2.10. The predicted molar refractivity (Wildman–Crippen MR) is 111 cm³/mol. The molecule has 9 nitrogen and oxygen atoms in total. The third kappa shape index (κ3) is 3.87. The molecule has 1 fully saturated rings. The summed E-state index contributed by atoms with van der Waals surface area (Å²) in [5.41, 5.74) is 1.34. The van der Waals surface area contributed by atoms with Crippen LogP contribution >= 0.6 is 0 Å².